The topological polar surface area (TPSA) is 85.2 Å². The lowest BCUT2D eigenvalue weighted by atomic mass is 10.0. The van der Waals surface area contributed by atoms with Crippen LogP contribution in [0.1, 0.15) is 26.7 Å². The molecule has 0 spiro atoms. The third kappa shape index (κ3) is 7.21. The zero-order valence-corrected chi connectivity index (χ0v) is 9.99. The SMILES string of the molecule is CC(C)C(CCO)NCC(=O)NCCC#N. The number of hydrogen-bond acceptors (Lipinski definition) is 4. The van der Waals surface area contributed by atoms with Crippen molar-refractivity contribution in [1.82, 2.24) is 10.6 Å². The quantitative estimate of drug-likeness (QED) is 0.510. The fourth-order valence-corrected chi connectivity index (χ4v) is 1.35. The fourth-order valence-electron chi connectivity index (χ4n) is 1.35. The summed E-state index contributed by atoms with van der Waals surface area (Å²) >= 11 is 0. The zero-order valence-electron chi connectivity index (χ0n) is 9.99. The van der Waals surface area contributed by atoms with Gasteiger partial charge in [-0.3, -0.25) is 4.79 Å². The summed E-state index contributed by atoms with van der Waals surface area (Å²) in [5.41, 5.74) is 0. The Balaban J connectivity index is 3.74. The molecule has 5 heteroatoms. The van der Waals surface area contributed by atoms with E-state index < -0.39 is 0 Å². The molecule has 0 fully saturated rings. The Hall–Kier alpha value is -1.12. The van der Waals surface area contributed by atoms with E-state index in [1.54, 1.807) is 0 Å². The second kappa shape index (κ2) is 9.13. The lowest BCUT2D eigenvalue weighted by Gasteiger charge is -2.21. The van der Waals surface area contributed by atoms with Crippen molar-refractivity contribution in [3.05, 3.63) is 0 Å². The van der Waals surface area contributed by atoms with Crippen molar-refractivity contribution in [2.45, 2.75) is 32.7 Å². The van der Waals surface area contributed by atoms with Gasteiger partial charge in [0.05, 0.1) is 19.0 Å². The monoisotopic (exact) mass is 227 g/mol. The number of hydrogen-bond donors (Lipinski definition) is 3. The van der Waals surface area contributed by atoms with Gasteiger partial charge in [0.2, 0.25) is 5.91 Å². The van der Waals surface area contributed by atoms with Crippen molar-refractivity contribution in [3.63, 3.8) is 0 Å². The van der Waals surface area contributed by atoms with Crippen molar-refractivity contribution in [2.75, 3.05) is 19.7 Å². The third-order valence-electron chi connectivity index (χ3n) is 2.33. The highest BCUT2D eigenvalue weighted by Crippen LogP contribution is 2.04. The van der Waals surface area contributed by atoms with Gasteiger partial charge in [0.1, 0.15) is 0 Å². The molecule has 0 aromatic carbocycles. The van der Waals surface area contributed by atoms with E-state index in [4.69, 9.17) is 10.4 Å². The number of nitrogens with one attached hydrogen (secondary N) is 2. The molecule has 0 aliphatic heterocycles. The molecule has 0 radical (unpaired) electrons. The van der Waals surface area contributed by atoms with Gasteiger partial charge in [-0.15, -0.1) is 0 Å². The molecular formula is C11H21N3O2. The standard InChI is InChI=1S/C11H21N3O2/c1-9(2)10(4-7-15)14-8-11(16)13-6-3-5-12/h9-10,14-15H,3-4,6-8H2,1-2H3,(H,13,16). The molecule has 0 saturated heterocycles. The van der Waals surface area contributed by atoms with E-state index in [0.29, 0.717) is 25.3 Å². The van der Waals surface area contributed by atoms with Crippen LogP contribution in [0.2, 0.25) is 0 Å². The van der Waals surface area contributed by atoms with E-state index >= 15 is 0 Å². The highest BCUT2D eigenvalue weighted by atomic mass is 16.3. The maximum atomic E-state index is 11.3. The third-order valence-corrected chi connectivity index (χ3v) is 2.33. The molecule has 0 saturated carbocycles. The van der Waals surface area contributed by atoms with E-state index in [-0.39, 0.29) is 25.1 Å². The van der Waals surface area contributed by atoms with Gasteiger partial charge in [0, 0.05) is 19.2 Å². The normalized spacial score (nSPS) is 12.2. The lowest BCUT2D eigenvalue weighted by molar-refractivity contribution is -0.120. The molecule has 0 rings (SSSR count). The Morgan fingerprint density at radius 2 is 2.19 bits per heavy atom. The second-order valence-electron chi connectivity index (χ2n) is 4.00. The Labute approximate surface area is 96.8 Å². The molecule has 0 heterocycles. The predicted octanol–water partition coefficient (Wildman–Crippen LogP) is 0.0129. The van der Waals surface area contributed by atoms with Gasteiger partial charge >= 0.3 is 0 Å². The van der Waals surface area contributed by atoms with Gasteiger partial charge in [-0.05, 0) is 12.3 Å². The van der Waals surface area contributed by atoms with Crippen LogP contribution >= 0.6 is 0 Å². The zero-order chi connectivity index (χ0) is 12.4. The van der Waals surface area contributed by atoms with Crippen LogP contribution < -0.4 is 10.6 Å². The van der Waals surface area contributed by atoms with Crippen molar-refractivity contribution in [1.29, 1.82) is 5.26 Å². The van der Waals surface area contributed by atoms with Gasteiger partial charge in [-0.1, -0.05) is 13.8 Å². The van der Waals surface area contributed by atoms with Crippen LogP contribution in [0.4, 0.5) is 0 Å². The summed E-state index contributed by atoms with van der Waals surface area (Å²) < 4.78 is 0. The first-order chi connectivity index (χ1) is 7.61. The summed E-state index contributed by atoms with van der Waals surface area (Å²) in [5.74, 6) is 0.262. The van der Waals surface area contributed by atoms with Gasteiger partial charge < -0.3 is 15.7 Å². The van der Waals surface area contributed by atoms with Crippen molar-refractivity contribution in [2.24, 2.45) is 5.92 Å². The Morgan fingerprint density at radius 1 is 1.50 bits per heavy atom. The molecule has 1 atom stereocenters. The van der Waals surface area contributed by atoms with Crippen LogP contribution in [0, 0.1) is 17.2 Å². The molecule has 16 heavy (non-hydrogen) atoms. The minimum absolute atomic E-state index is 0.112. The highest BCUT2D eigenvalue weighted by Gasteiger charge is 2.13. The van der Waals surface area contributed by atoms with Crippen LogP contribution in [-0.4, -0.2) is 36.8 Å². The number of carbonyl (C=O) groups excluding carboxylic acids is 1. The molecule has 5 nitrogen and oxygen atoms in total. The van der Waals surface area contributed by atoms with E-state index in [1.165, 1.54) is 0 Å². The summed E-state index contributed by atoms with van der Waals surface area (Å²) in [6.45, 7) is 4.82. The summed E-state index contributed by atoms with van der Waals surface area (Å²) in [6.07, 6.45) is 0.971. The molecule has 92 valence electrons. The first-order valence-electron chi connectivity index (χ1n) is 5.59. The molecular weight excluding hydrogens is 206 g/mol. The van der Waals surface area contributed by atoms with Crippen LogP contribution in [0.25, 0.3) is 0 Å². The molecule has 3 N–H and O–H groups in total. The molecule has 0 aliphatic rings. The maximum Gasteiger partial charge on any atom is 0.233 e. The Kier molecular flexibility index (Phi) is 8.49. The Bertz CT molecular complexity index is 236. The first-order valence-corrected chi connectivity index (χ1v) is 5.59. The van der Waals surface area contributed by atoms with E-state index in [0.717, 1.165) is 0 Å². The number of nitrogens with zero attached hydrogens (tertiary/aromatic N) is 1. The number of nitriles is 1. The molecule has 1 unspecified atom stereocenters. The largest absolute Gasteiger partial charge is 0.396 e. The van der Waals surface area contributed by atoms with Crippen LogP contribution in [0.15, 0.2) is 0 Å². The van der Waals surface area contributed by atoms with Gasteiger partial charge in [0.15, 0.2) is 0 Å². The van der Waals surface area contributed by atoms with Crippen molar-refractivity contribution < 1.29 is 9.90 Å². The summed E-state index contributed by atoms with van der Waals surface area (Å²) in [4.78, 5) is 11.3. The smallest absolute Gasteiger partial charge is 0.233 e. The summed E-state index contributed by atoms with van der Waals surface area (Å²) in [7, 11) is 0. The Morgan fingerprint density at radius 3 is 2.69 bits per heavy atom. The number of rotatable bonds is 8. The number of aliphatic hydroxyl groups is 1. The van der Waals surface area contributed by atoms with Crippen molar-refractivity contribution >= 4 is 5.91 Å². The average Bonchev–Trinajstić information content (AvgIpc) is 2.24. The number of aliphatic hydroxyl groups excluding tert-OH is 1. The second-order valence-corrected chi connectivity index (χ2v) is 4.00. The lowest BCUT2D eigenvalue weighted by Crippen LogP contribution is -2.42. The summed E-state index contributed by atoms with van der Waals surface area (Å²) in [6, 6.07) is 2.10. The summed E-state index contributed by atoms with van der Waals surface area (Å²) in [5, 5.41) is 22.9. The minimum atomic E-state index is -0.112. The fraction of sp³-hybridized carbons (Fsp3) is 0.818. The van der Waals surface area contributed by atoms with E-state index in [1.807, 2.05) is 19.9 Å². The number of carbonyl (C=O) groups is 1. The first kappa shape index (κ1) is 14.9. The number of amides is 1. The molecule has 0 aliphatic carbocycles. The molecule has 0 aromatic rings. The predicted molar refractivity (Wildman–Crippen MR) is 61.6 cm³/mol. The minimum Gasteiger partial charge on any atom is -0.396 e. The van der Waals surface area contributed by atoms with Crippen LogP contribution in [-0.2, 0) is 4.79 Å². The maximum absolute atomic E-state index is 11.3. The van der Waals surface area contributed by atoms with Gasteiger partial charge in [-0.2, -0.15) is 5.26 Å². The molecule has 0 bridgehead atoms. The van der Waals surface area contributed by atoms with E-state index in [9.17, 15) is 4.79 Å². The van der Waals surface area contributed by atoms with Gasteiger partial charge in [-0.25, -0.2) is 0 Å². The van der Waals surface area contributed by atoms with Crippen LogP contribution in [0.3, 0.4) is 0 Å². The van der Waals surface area contributed by atoms with Gasteiger partial charge in [0.25, 0.3) is 0 Å². The highest BCUT2D eigenvalue weighted by molar-refractivity contribution is 5.77. The van der Waals surface area contributed by atoms with E-state index in [2.05, 4.69) is 10.6 Å². The molecule has 1 amide bonds. The van der Waals surface area contributed by atoms with Crippen molar-refractivity contribution in [3.8, 4) is 6.07 Å². The molecule has 0 aromatic heterocycles. The average molecular weight is 227 g/mol. The van der Waals surface area contributed by atoms with Crippen LogP contribution in [0.5, 0.6) is 0 Å².